The number of hydrogen-bond donors (Lipinski definition) is 2. The average molecular weight is 302 g/mol. The third kappa shape index (κ3) is 4.43. The molecule has 5 heteroatoms. The maximum Gasteiger partial charge on any atom is 0.234 e. The van der Waals surface area contributed by atoms with Gasteiger partial charge in [-0.3, -0.25) is 4.79 Å². The number of benzene rings is 2. The van der Waals surface area contributed by atoms with Gasteiger partial charge in [0.25, 0.3) is 0 Å². The monoisotopic (exact) mass is 302 g/mol. The number of amides is 1. The smallest absolute Gasteiger partial charge is 0.234 e. The number of carbonyl (C=O) groups excluding carboxylic acids is 1. The maximum absolute atomic E-state index is 11.9. The van der Waals surface area contributed by atoms with Gasteiger partial charge in [-0.25, -0.2) is 0 Å². The molecule has 2 aromatic rings. The number of ether oxygens (including phenoxy) is 1. The van der Waals surface area contributed by atoms with Gasteiger partial charge in [0.1, 0.15) is 5.75 Å². The summed E-state index contributed by atoms with van der Waals surface area (Å²) in [4.78, 5) is 12.9. The number of nitrogens with two attached hydrogens (primary N) is 1. The molecule has 0 aliphatic carbocycles. The van der Waals surface area contributed by atoms with Crippen LogP contribution >= 0.6 is 11.8 Å². The summed E-state index contributed by atoms with van der Waals surface area (Å²) in [6.07, 6.45) is 0. The number of thioether (sulfide) groups is 1. The fourth-order valence-electron chi connectivity index (χ4n) is 1.74. The van der Waals surface area contributed by atoms with Gasteiger partial charge in [-0.05, 0) is 48.9 Å². The lowest BCUT2D eigenvalue weighted by molar-refractivity contribution is -0.113. The highest BCUT2D eigenvalue weighted by Gasteiger charge is 2.05. The highest BCUT2D eigenvalue weighted by Crippen LogP contribution is 2.22. The molecule has 2 rings (SSSR count). The zero-order chi connectivity index (χ0) is 15.2. The zero-order valence-electron chi connectivity index (χ0n) is 12.1. The molecule has 0 fully saturated rings. The highest BCUT2D eigenvalue weighted by atomic mass is 32.2. The van der Waals surface area contributed by atoms with Crippen molar-refractivity contribution in [3.05, 3.63) is 48.0 Å². The maximum atomic E-state index is 11.9. The van der Waals surface area contributed by atoms with Crippen molar-refractivity contribution in [2.24, 2.45) is 0 Å². The Morgan fingerprint density at radius 2 is 1.95 bits per heavy atom. The second-order valence-electron chi connectivity index (χ2n) is 4.58. The van der Waals surface area contributed by atoms with E-state index in [9.17, 15) is 4.79 Å². The second kappa shape index (κ2) is 7.04. The molecule has 0 saturated carbocycles. The number of methoxy groups -OCH3 is 1. The van der Waals surface area contributed by atoms with Crippen molar-refractivity contribution in [1.29, 1.82) is 0 Å². The van der Waals surface area contributed by atoms with Crippen LogP contribution in [0.5, 0.6) is 5.75 Å². The number of nitrogens with one attached hydrogen (secondary N) is 1. The molecule has 0 aromatic heterocycles. The van der Waals surface area contributed by atoms with Crippen molar-refractivity contribution in [3.8, 4) is 5.75 Å². The van der Waals surface area contributed by atoms with Crippen LogP contribution in [0, 0.1) is 6.92 Å². The summed E-state index contributed by atoms with van der Waals surface area (Å²) in [5, 5.41) is 2.84. The van der Waals surface area contributed by atoms with Crippen LogP contribution in [-0.4, -0.2) is 18.8 Å². The van der Waals surface area contributed by atoms with Crippen molar-refractivity contribution in [2.45, 2.75) is 11.8 Å². The number of carbonyl (C=O) groups is 1. The first-order chi connectivity index (χ1) is 10.1. The molecule has 0 spiro atoms. The molecule has 4 nitrogen and oxygen atoms in total. The van der Waals surface area contributed by atoms with Crippen molar-refractivity contribution in [1.82, 2.24) is 0 Å². The number of rotatable bonds is 5. The fourth-order valence-corrected chi connectivity index (χ4v) is 2.43. The van der Waals surface area contributed by atoms with Crippen LogP contribution in [-0.2, 0) is 4.79 Å². The van der Waals surface area contributed by atoms with Gasteiger partial charge >= 0.3 is 0 Å². The van der Waals surface area contributed by atoms with Crippen LogP contribution in [0.15, 0.2) is 47.4 Å². The van der Waals surface area contributed by atoms with Crippen molar-refractivity contribution >= 4 is 29.0 Å². The largest absolute Gasteiger partial charge is 0.497 e. The molecule has 2 aromatic carbocycles. The predicted molar refractivity (Wildman–Crippen MR) is 87.9 cm³/mol. The molecule has 3 N–H and O–H groups in total. The minimum Gasteiger partial charge on any atom is -0.497 e. The van der Waals surface area contributed by atoms with Crippen molar-refractivity contribution < 1.29 is 9.53 Å². The Balaban J connectivity index is 1.87. The number of hydrogen-bond acceptors (Lipinski definition) is 4. The topological polar surface area (TPSA) is 64.3 Å². The lowest BCUT2D eigenvalue weighted by Gasteiger charge is -2.07. The summed E-state index contributed by atoms with van der Waals surface area (Å²) < 4.78 is 5.09. The average Bonchev–Trinajstić information content (AvgIpc) is 2.49. The number of anilines is 2. The lowest BCUT2D eigenvalue weighted by Crippen LogP contribution is -2.14. The summed E-state index contributed by atoms with van der Waals surface area (Å²) in [6.45, 7) is 1.93. The third-order valence-corrected chi connectivity index (χ3v) is 4.00. The number of nitrogen functional groups attached to an aromatic ring is 1. The van der Waals surface area contributed by atoms with Crippen LogP contribution in [0.1, 0.15) is 5.56 Å². The molecule has 1 amide bonds. The standard InChI is InChI=1S/C16H18N2O2S/c1-11-3-4-12(9-15(11)17)18-16(19)10-21-14-7-5-13(20-2)6-8-14/h3-9H,10,17H2,1-2H3,(H,18,19). The Bertz CT molecular complexity index is 627. The van der Waals surface area contributed by atoms with E-state index in [1.165, 1.54) is 11.8 Å². The van der Waals surface area contributed by atoms with Crippen molar-refractivity contribution in [2.75, 3.05) is 23.9 Å². The summed E-state index contributed by atoms with van der Waals surface area (Å²) >= 11 is 1.48. The van der Waals surface area contributed by atoms with Crippen LogP contribution in [0.3, 0.4) is 0 Å². The van der Waals surface area contributed by atoms with Gasteiger partial charge in [-0.2, -0.15) is 0 Å². The summed E-state index contributed by atoms with van der Waals surface area (Å²) in [5.41, 5.74) is 8.22. The summed E-state index contributed by atoms with van der Waals surface area (Å²) in [5.74, 6) is 1.10. The van der Waals surface area contributed by atoms with Crippen molar-refractivity contribution in [3.63, 3.8) is 0 Å². The molecule has 0 saturated heterocycles. The SMILES string of the molecule is COc1ccc(SCC(=O)Nc2ccc(C)c(N)c2)cc1. The first-order valence-corrected chi connectivity index (χ1v) is 7.50. The minimum absolute atomic E-state index is 0.0564. The molecule has 21 heavy (non-hydrogen) atoms. The van der Waals surface area contributed by atoms with Gasteiger partial charge in [0.2, 0.25) is 5.91 Å². The van der Waals surface area contributed by atoms with Gasteiger partial charge in [-0.15, -0.1) is 11.8 Å². The highest BCUT2D eigenvalue weighted by molar-refractivity contribution is 8.00. The molecule has 0 radical (unpaired) electrons. The first kappa shape index (κ1) is 15.3. The van der Waals surface area contributed by atoms with Gasteiger partial charge in [0, 0.05) is 16.3 Å². The van der Waals surface area contributed by atoms with E-state index < -0.39 is 0 Å². The van der Waals surface area contributed by atoms with E-state index in [1.54, 1.807) is 13.2 Å². The molecule has 0 unspecified atom stereocenters. The Morgan fingerprint density at radius 1 is 1.24 bits per heavy atom. The van der Waals surface area contributed by atoms with E-state index in [0.717, 1.165) is 21.9 Å². The Labute approximate surface area is 128 Å². The normalized spacial score (nSPS) is 10.2. The van der Waals surface area contributed by atoms with Crippen LogP contribution < -0.4 is 15.8 Å². The predicted octanol–water partition coefficient (Wildman–Crippen LogP) is 3.32. The van der Waals surface area contributed by atoms with E-state index in [-0.39, 0.29) is 5.91 Å². The van der Waals surface area contributed by atoms with Crippen LogP contribution in [0.2, 0.25) is 0 Å². The van der Waals surface area contributed by atoms with E-state index >= 15 is 0 Å². The third-order valence-electron chi connectivity index (χ3n) is 2.99. The van der Waals surface area contributed by atoms with Gasteiger partial charge in [0.15, 0.2) is 0 Å². The van der Waals surface area contributed by atoms with E-state index in [0.29, 0.717) is 11.4 Å². The van der Waals surface area contributed by atoms with E-state index in [4.69, 9.17) is 10.5 Å². The van der Waals surface area contributed by atoms with E-state index in [2.05, 4.69) is 5.32 Å². The first-order valence-electron chi connectivity index (χ1n) is 6.51. The summed E-state index contributed by atoms with van der Waals surface area (Å²) in [7, 11) is 1.63. The molecule has 0 heterocycles. The lowest BCUT2D eigenvalue weighted by atomic mass is 10.2. The van der Waals surface area contributed by atoms with Gasteiger partial charge < -0.3 is 15.8 Å². The molecule has 0 bridgehead atoms. The van der Waals surface area contributed by atoms with Gasteiger partial charge in [-0.1, -0.05) is 6.07 Å². The Morgan fingerprint density at radius 3 is 2.57 bits per heavy atom. The zero-order valence-corrected chi connectivity index (χ0v) is 12.9. The van der Waals surface area contributed by atoms with E-state index in [1.807, 2.05) is 43.3 Å². The van der Waals surface area contributed by atoms with Gasteiger partial charge in [0.05, 0.1) is 12.9 Å². The number of aryl methyl sites for hydroxylation is 1. The second-order valence-corrected chi connectivity index (χ2v) is 5.63. The fraction of sp³-hybridized carbons (Fsp3) is 0.188. The van der Waals surface area contributed by atoms with Crippen LogP contribution in [0.25, 0.3) is 0 Å². The molecule has 0 aliphatic heterocycles. The summed E-state index contributed by atoms with van der Waals surface area (Å²) in [6, 6.07) is 13.1. The molecule has 0 aliphatic rings. The Kier molecular flexibility index (Phi) is 5.11. The molecule has 0 atom stereocenters. The molecule has 110 valence electrons. The quantitative estimate of drug-likeness (QED) is 0.657. The molecular formula is C16H18N2O2S. The minimum atomic E-state index is -0.0564. The molecular weight excluding hydrogens is 284 g/mol. The Hall–Kier alpha value is -2.14. The van der Waals surface area contributed by atoms with Crippen LogP contribution in [0.4, 0.5) is 11.4 Å².